The first-order chi connectivity index (χ1) is 9.30. The standard InChI is InChI=1S/C13H7F4NO2/c14-11-2-1-7(5-10(11)13(15,16)17)9-6-18-4-3-8(9)12(19)20/h1-6H,(H,19,20). The van der Waals surface area contributed by atoms with E-state index in [1.54, 1.807) is 0 Å². The van der Waals surface area contributed by atoms with Gasteiger partial charge in [-0.25, -0.2) is 9.18 Å². The van der Waals surface area contributed by atoms with E-state index in [9.17, 15) is 22.4 Å². The van der Waals surface area contributed by atoms with E-state index in [2.05, 4.69) is 4.98 Å². The third-order valence-electron chi connectivity index (χ3n) is 2.63. The van der Waals surface area contributed by atoms with Crippen LogP contribution in [-0.2, 0) is 6.18 Å². The number of aromatic nitrogens is 1. The van der Waals surface area contributed by atoms with Gasteiger partial charge in [-0.05, 0) is 23.8 Å². The van der Waals surface area contributed by atoms with Crippen LogP contribution >= 0.6 is 0 Å². The lowest BCUT2D eigenvalue weighted by atomic mass is 10.00. The lowest BCUT2D eigenvalue weighted by Gasteiger charge is -2.11. The second-order valence-electron chi connectivity index (χ2n) is 3.92. The summed E-state index contributed by atoms with van der Waals surface area (Å²) in [5.74, 6) is -2.72. The average molecular weight is 285 g/mol. The molecule has 104 valence electrons. The van der Waals surface area contributed by atoms with Crippen LogP contribution in [0.4, 0.5) is 17.6 Å². The van der Waals surface area contributed by atoms with Crippen molar-refractivity contribution >= 4 is 5.97 Å². The van der Waals surface area contributed by atoms with Crippen molar-refractivity contribution in [3.8, 4) is 11.1 Å². The van der Waals surface area contributed by atoms with E-state index >= 15 is 0 Å². The molecular weight excluding hydrogens is 278 g/mol. The first-order valence-electron chi connectivity index (χ1n) is 5.35. The fraction of sp³-hybridized carbons (Fsp3) is 0.0769. The van der Waals surface area contributed by atoms with Crippen molar-refractivity contribution in [3.05, 3.63) is 53.6 Å². The van der Waals surface area contributed by atoms with E-state index in [0.29, 0.717) is 12.1 Å². The van der Waals surface area contributed by atoms with E-state index < -0.39 is 23.5 Å². The van der Waals surface area contributed by atoms with Crippen LogP contribution in [0.1, 0.15) is 15.9 Å². The van der Waals surface area contributed by atoms with Crippen LogP contribution in [0.5, 0.6) is 0 Å². The number of alkyl halides is 3. The predicted octanol–water partition coefficient (Wildman–Crippen LogP) is 3.60. The number of hydrogen-bond donors (Lipinski definition) is 1. The van der Waals surface area contributed by atoms with Crippen molar-refractivity contribution in [3.63, 3.8) is 0 Å². The highest BCUT2D eigenvalue weighted by atomic mass is 19.4. The van der Waals surface area contributed by atoms with E-state index in [1.165, 1.54) is 6.20 Å². The number of hydrogen-bond acceptors (Lipinski definition) is 2. The van der Waals surface area contributed by atoms with Gasteiger partial charge in [0, 0.05) is 18.0 Å². The van der Waals surface area contributed by atoms with Crippen LogP contribution in [0.25, 0.3) is 11.1 Å². The van der Waals surface area contributed by atoms with Crippen molar-refractivity contribution in [1.29, 1.82) is 0 Å². The summed E-state index contributed by atoms with van der Waals surface area (Å²) in [5.41, 5.74) is -1.73. The number of rotatable bonds is 2. The van der Waals surface area contributed by atoms with Gasteiger partial charge in [0.2, 0.25) is 0 Å². The summed E-state index contributed by atoms with van der Waals surface area (Å²) in [6, 6.07) is 3.46. The SMILES string of the molecule is O=C(O)c1ccncc1-c1ccc(F)c(C(F)(F)F)c1. The molecule has 0 amide bonds. The van der Waals surface area contributed by atoms with Crippen molar-refractivity contribution in [2.45, 2.75) is 6.18 Å². The molecule has 0 fully saturated rings. The second kappa shape index (κ2) is 4.92. The van der Waals surface area contributed by atoms with Gasteiger partial charge in [-0.15, -0.1) is 0 Å². The smallest absolute Gasteiger partial charge is 0.419 e. The van der Waals surface area contributed by atoms with Crippen molar-refractivity contribution < 1.29 is 27.5 Å². The molecule has 0 radical (unpaired) electrons. The van der Waals surface area contributed by atoms with Crippen LogP contribution in [-0.4, -0.2) is 16.1 Å². The summed E-state index contributed by atoms with van der Waals surface area (Å²) in [6.07, 6.45) is -2.52. The summed E-state index contributed by atoms with van der Waals surface area (Å²) < 4.78 is 51.1. The highest BCUT2D eigenvalue weighted by Crippen LogP contribution is 2.34. The topological polar surface area (TPSA) is 50.2 Å². The highest BCUT2D eigenvalue weighted by Gasteiger charge is 2.34. The molecule has 0 saturated heterocycles. The molecule has 7 heteroatoms. The number of benzene rings is 1. The number of carboxylic acids is 1. The van der Waals surface area contributed by atoms with Gasteiger partial charge in [-0.2, -0.15) is 13.2 Å². The fourth-order valence-corrected chi connectivity index (χ4v) is 1.72. The molecule has 2 aromatic rings. The van der Waals surface area contributed by atoms with Gasteiger partial charge in [-0.1, -0.05) is 6.07 Å². The van der Waals surface area contributed by atoms with Gasteiger partial charge in [0.25, 0.3) is 0 Å². The quantitative estimate of drug-likeness (QED) is 0.858. The third kappa shape index (κ3) is 2.61. The molecule has 0 spiro atoms. The molecule has 0 aliphatic heterocycles. The molecule has 0 saturated carbocycles. The number of nitrogens with zero attached hydrogens (tertiary/aromatic N) is 1. The number of aromatic carboxylic acids is 1. The minimum absolute atomic E-state index is 0.00880. The minimum Gasteiger partial charge on any atom is -0.478 e. The maximum absolute atomic E-state index is 13.2. The van der Waals surface area contributed by atoms with Crippen molar-refractivity contribution in [2.75, 3.05) is 0 Å². The van der Waals surface area contributed by atoms with Crippen LogP contribution in [0.2, 0.25) is 0 Å². The maximum atomic E-state index is 13.2. The summed E-state index contributed by atoms with van der Waals surface area (Å²) in [6.45, 7) is 0. The lowest BCUT2D eigenvalue weighted by molar-refractivity contribution is -0.139. The molecular formula is C13H7F4NO2. The van der Waals surface area contributed by atoms with E-state index in [0.717, 1.165) is 18.3 Å². The maximum Gasteiger partial charge on any atom is 0.419 e. The minimum atomic E-state index is -4.86. The Balaban J connectivity index is 2.63. The fourth-order valence-electron chi connectivity index (χ4n) is 1.72. The Morgan fingerprint density at radius 3 is 2.50 bits per heavy atom. The Labute approximate surface area is 110 Å². The number of carboxylic acid groups (broad SMARTS) is 1. The normalized spacial score (nSPS) is 11.4. The molecule has 1 aromatic carbocycles. The first kappa shape index (κ1) is 14.0. The molecule has 0 aliphatic rings. The van der Waals surface area contributed by atoms with Crippen molar-refractivity contribution in [2.24, 2.45) is 0 Å². The molecule has 0 unspecified atom stereocenters. The summed E-state index contributed by atoms with van der Waals surface area (Å²) in [7, 11) is 0. The molecule has 0 bridgehead atoms. The predicted molar refractivity (Wildman–Crippen MR) is 61.6 cm³/mol. The average Bonchev–Trinajstić information content (AvgIpc) is 2.38. The van der Waals surface area contributed by atoms with Gasteiger partial charge < -0.3 is 5.11 Å². The number of halogens is 4. The molecule has 1 N–H and O–H groups in total. The van der Waals surface area contributed by atoms with E-state index in [-0.39, 0.29) is 16.7 Å². The Hall–Kier alpha value is -2.44. The van der Waals surface area contributed by atoms with E-state index in [4.69, 9.17) is 5.11 Å². The van der Waals surface area contributed by atoms with Crippen LogP contribution < -0.4 is 0 Å². The van der Waals surface area contributed by atoms with Crippen molar-refractivity contribution in [1.82, 2.24) is 4.98 Å². The lowest BCUT2D eigenvalue weighted by Crippen LogP contribution is -2.08. The van der Waals surface area contributed by atoms with Crippen LogP contribution in [0.3, 0.4) is 0 Å². The zero-order valence-electron chi connectivity index (χ0n) is 9.78. The molecule has 0 aliphatic carbocycles. The van der Waals surface area contributed by atoms with Gasteiger partial charge in [0.05, 0.1) is 11.1 Å². The summed E-state index contributed by atoms with van der Waals surface area (Å²) >= 11 is 0. The Bertz CT molecular complexity index is 668. The Morgan fingerprint density at radius 1 is 1.20 bits per heavy atom. The van der Waals surface area contributed by atoms with Crippen LogP contribution in [0, 0.1) is 5.82 Å². The molecule has 1 aromatic heterocycles. The monoisotopic (exact) mass is 285 g/mol. The van der Waals surface area contributed by atoms with Gasteiger partial charge in [0.15, 0.2) is 0 Å². The molecule has 1 heterocycles. The summed E-state index contributed by atoms with van der Waals surface area (Å²) in [4.78, 5) is 14.7. The highest BCUT2D eigenvalue weighted by molar-refractivity contribution is 5.95. The largest absolute Gasteiger partial charge is 0.478 e. The van der Waals surface area contributed by atoms with Gasteiger partial charge >= 0.3 is 12.1 Å². The zero-order valence-corrected chi connectivity index (χ0v) is 9.78. The van der Waals surface area contributed by atoms with E-state index in [1.807, 2.05) is 0 Å². The Kier molecular flexibility index (Phi) is 3.44. The molecule has 0 atom stereocenters. The molecule has 2 rings (SSSR count). The molecule has 20 heavy (non-hydrogen) atoms. The summed E-state index contributed by atoms with van der Waals surface area (Å²) in [5, 5.41) is 8.99. The molecule has 3 nitrogen and oxygen atoms in total. The van der Waals surface area contributed by atoms with Crippen LogP contribution in [0.15, 0.2) is 36.7 Å². The number of carbonyl (C=O) groups is 1. The zero-order chi connectivity index (χ0) is 14.9. The Morgan fingerprint density at radius 2 is 1.90 bits per heavy atom. The third-order valence-corrected chi connectivity index (χ3v) is 2.63. The second-order valence-corrected chi connectivity index (χ2v) is 3.92. The first-order valence-corrected chi connectivity index (χ1v) is 5.35. The number of pyridine rings is 1. The van der Waals surface area contributed by atoms with Gasteiger partial charge in [-0.3, -0.25) is 4.98 Å². The van der Waals surface area contributed by atoms with Gasteiger partial charge in [0.1, 0.15) is 5.82 Å².